The maximum Gasteiger partial charge on any atom is 0.136 e. The molecule has 2 nitrogen and oxygen atoms in total. The number of anilines is 3. The minimum absolute atomic E-state index is 0.917. The molecule has 0 saturated carbocycles. The van der Waals surface area contributed by atoms with Gasteiger partial charge in [-0.15, -0.1) is 22.7 Å². The molecule has 0 spiro atoms. The zero-order valence-corrected chi connectivity index (χ0v) is 25.1. The van der Waals surface area contributed by atoms with E-state index in [0.717, 1.165) is 44.4 Å². The third-order valence-corrected chi connectivity index (χ3v) is 11.1. The molecular weight excluding hydrogens is 575 g/mol. The van der Waals surface area contributed by atoms with Gasteiger partial charge in [0.2, 0.25) is 0 Å². The van der Waals surface area contributed by atoms with Crippen LogP contribution in [0.15, 0.2) is 144 Å². The Morgan fingerprint density at radius 3 is 1.84 bits per heavy atom. The second kappa shape index (κ2) is 9.17. The molecule has 0 radical (unpaired) electrons. The summed E-state index contributed by atoms with van der Waals surface area (Å²) in [6.45, 7) is 0. The number of hydrogen-bond donors (Lipinski definition) is 0. The molecule has 0 fully saturated rings. The highest BCUT2D eigenvalue weighted by atomic mass is 32.1. The van der Waals surface area contributed by atoms with Gasteiger partial charge < -0.3 is 9.32 Å². The highest BCUT2D eigenvalue weighted by Crippen LogP contribution is 2.44. The Balaban J connectivity index is 1.21. The van der Waals surface area contributed by atoms with E-state index in [-0.39, 0.29) is 0 Å². The van der Waals surface area contributed by atoms with Gasteiger partial charge in [0.25, 0.3) is 0 Å². The summed E-state index contributed by atoms with van der Waals surface area (Å²) in [7, 11) is 0. The molecule has 0 aliphatic rings. The van der Waals surface area contributed by atoms with E-state index >= 15 is 0 Å². The van der Waals surface area contributed by atoms with E-state index in [9.17, 15) is 0 Å². The number of hydrogen-bond acceptors (Lipinski definition) is 4. The monoisotopic (exact) mass is 597 g/mol. The minimum atomic E-state index is 0.917. The maximum absolute atomic E-state index is 6.28. The van der Waals surface area contributed by atoms with Gasteiger partial charge in [0.05, 0.1) is 0 Å². The molecule has 206 valence electrons. The molecule has 0 N–H and O–H groups in total. The van der Waals surface area contributed by atoms with Gasteiger partial charge >= 0.3 is 0 Å². The van der Waals surface area contributed by atoms with Crippen molar-refractivity contribution in [3.63, 3.8) is 0 Å². The first-order valence-corrected chi connectivity index (χ1v) is 16.4. The lowest BCUT2D eigenvalue weighted by atomic mass is 10.0. The van der Waals surface area contributed by atoms with Gasteiger partial charge in [-0.3, -0.25) is 0 Å². The predicted molar refractivity (Wildman–Crippen MR) is 192 cm³/mol. The van der Waals surface area contributed by atoms with Crippen LogP contribution in [-0.2, 0) is 0 Å². The highest BCUT2D eigenvalue weighted by Gasteiger charge is 2.18. The van der Waals surface area contributed by atoms with Crippen molar-refractivity contribution < 1.29 is 4.42 Å². The number of thiophene rings is 2. The summed E-state index contributed by atoms with van der Waals surface area (Å²) in [6, 6.07) is 50.7. The van der Waals surface area contributed by atoms with Crippen molar-refractivity contribution in [2.24, 2.45) is 0 Å². The van der Waals surface area contributed by atoms with Crippen LogP contribution in [0.25, 0.3) is 73.1 Å². The quantitative estimate of drug-likeness (QED) is 0.201. The first-order chi connectivity index (χ1) is 21.8. The summed E-state index contributed by atoms with van der Waals surface area (Å²) in [4.78, 5) is 2.40. The topological polar surface area (TPSA) is 16.4 Å². The van der Waals surface area contributed by atoms with Crippen molar-refractivity contribution >= 4 is 113 Å². The third-order valence-electron chi connectivity index (χ3n) is 8.82. The van der Waals surface area contributed by atoms with E-state index in [1.165, 1.54) is 45.7 Å². The van der Waals surface area contributed by atoms with E-state index in [0.29, 0.717) is 0 Å². The van der Waals surface area contributed by atoms with Crippen molar-refractivity contribution in [2.45, 2.75) is 0 Å². The number of rotatable bonds is 3. The number of benzene rings is 7. The molecule has 7 aromatic carbocycles. The Morgan fingerprint density at radius 1 is 0.364 bits per heavy atom. The molecule has 44 heavy (non-hydrogen) atoms. The third kappa shape index (κ3) is 3.59. The molecule has 3 heterocycles. The Morgan fingerprint density at radius 2 is 0.977 bits per heavy atom. The summed E-state index contributed by atoms with van der Waals surface area (Å²) in [5, 5.41) is 9.89. The number of fused-ring (bicyclic) bond motifs is 10. The van der Waals surface area contributed by atoms with E-state index in [1.54, 1.807) is 0 Å². The van der Waals surface area contributed by atoms with Crippen molar-refractivity contribution in [1.29, 1.82) is 0 Å². The second-order valence-electron chi connectivity index (χ2n) is 11.4. The summed E-state index contributed by atoms with van der Waals surface area (Å²) in [6.07, 6.45) is 0. The highest BCUT2D eigenvalue weighted by molar-refractivity contribution is 7.26. The average molecular weight is 598 g/mol. The van der Waals surface area contributed by atoms with Gasteiger partial charge in [-0.05, 0) is 83.6 Å². The van der Waals surface area contributed by atoms with Gasteiger partial charge in [-0.25, -0.2) is 0 Å². The summed E-state index contributed by atoms with van der Waals surface area (Å²) in [5.74, 6) is 0. The lowest BCUT2D eigenvalue weighted by molar-refractivity contribution is 0.669. The molecule has 0 saturated heterocycles. The summed E-state index contributed by atoms with van der Waals surface area (Å²) >= 11 is 3.71. The number of furan rings is 1. The van der Waals surface area contributed by atoms with Crippen LogP contribution in [0.5, 0.6) is 0 Å². The van der Waals surface area contributed by atoms with Gasteiger partial charge in [0, 0.05) is 68.2 Å². The first kappa shape index (κ1) is 24.3. The van der Waals surface area contributed by atoms with E-state index < -0.39 is 0 Å². The van der Waals surface area contributed by atoms with Crippen molar-refractivity contribution in [1.82, 2.24) is 0 Å². The Labute approximate surface area is 260 Å². The Bertz CT molecular complexity index is 2750. The molecular formula is C40H23NOS2. The van der Waals surface area contributed by atoms with Crippen LogP contribution in [0.4, 0.5) is 17.1 Å². The predicted octanol–water partition coefficient (Wildman–Crippen LogP) is 12.9. The Hall–Kier alpha value is -5.16. The summed E-state index contributed by atoms with van der Waals surface area (Å²) < 4.78 is 11.5. The lowest BCUT2D eigenvalue weighted by Crippen LogP contribution is -2.09. The van der Waals surface area contributed by atoms with E-state index in [4.69, 9.17) is 4.42 Å². The van der Waals surface area contributed by atoms with Crippen LogP contribution in [-0.4, -0.2) is 0 Å². The van der Waals surface area contributed by atoms with Crippen molar-refractivity contribution in [3.05, 3.63) is 140 Å². The van der Waals surface area contributed by atoms with Crippen LogP contribution in [0.2, 0.25) is 0 Å². The average Bonchev–Trinajstić information content (AvgIpc) is 3.74. The van der Waals surface area contributed by atoms with Crippen LogP contribution in [0.3, 0.4) is 0 Å². The smallest absolute Gasteiger partial charge is 0.136 e. The number of nitrogens with zero attached hydrogens (tertiary/aromatic N) is 1. The van der Waals surface area contributed by atoms with Crippen molar-refractivity contribution in [3.8, 4) is 0 Å². The van der Waals surface area contributed by atoms with Gasteiger partial charge in [0.15, 0.2) is 0 Å². The minimum Gasteiger partial charge on any atom is -0.456 e. The molecule has 0 unspecified atom stereocenters. The molecule has 10 aromatic rings. The van der Waals surface area contributed by atoms with Gasteiger partial charge in [-0.2, -0.15) is 0 Å². The molecule has 4 heteroatoms. The van der Waals surface area contributed by atoms with Crippen molar-refractivity contribution in [2.75, 3.05) is 4.90 Å². The maximum atomic E-state index is 6.28. The molecule has 0 aliphatic heterocycles. The first-order valence-electron chi connectivity index (χ1n) is 14.7. The SMILES string of the molecule is c1ccc2c(c1)oc1cc3cc(N(c4ccc5c(c4)sc4ccccc45)c4ccc5sc6ccccc6c5c4)ccc3cc12. The van der Waals surface area contributed by atoms with E-state index in [1.807, 2.05) is 34.8 Å². The lowest BCUT2D eigenvalue weighted by Gasteiger charge is -2.26. The van der Waals surface area contributed by atoms with Crippen LogP contribution < -0.4 is 4.90 Å². The molecule has 3 aromatic heterocycles. The Kier molecular flexibility index (Phi) is 5.06. The zero-order valence-electron chi connectivity index (χ0n) is 23.5. The molecule has 0 amide bonds. The van der Waals surface area contributed by atoms with Gasteiger partial charge in [0.1, 0.15) is 11.2 Å². The summed E-state index contributed by atoms with van der Waals surface area (Å²) in [5.41, 5.74) is 5.25. The van der Waals surface area contributed by atoms with Gasteiger partial charge in [-0.1, -0.05) is 66.7 Å². The van der Waals surface area contributed by atoms with Crippen LogP contribution in [0, 0.1) is 0 Å². The standard InChI is InChI=1S/C40H23NOS2/c1-4-10-35-29(7-1)33-20-24-13-14-26(19-25(24)21-36(33)42-35)41(27-16-18-39-34(22-27)31-9-3-6-12-38(31)43-39)28-15-17-32-30-8-2-5-11-37(30)44-40(32)23-28/h1-23H. The number of para-hydroxylation sites is 1. The normalized spacial score (nSPS) is 12.1. The fourth-order valence-electron chi connectivity index (χ4n) is 6.75. The van der Waals surface area contributed by atoms with Crippen LogP contribution >= 0.6 is 22.7 Å². The fourth-order valence-corrected chi connectivity index (χ4v) is 8.97. The molecule has 0 atom stereocenters. The second-order valence-corrected chi connectivity index (χ2v) is 13.5. The zero-order chi connectivity index (χ0) is 28.8. The largest absolute Gasteiger partial charge is 0.456 e. The fraction of sp³-hybridized carbons (Fsp3) is 0. The molecule has 10 rings (SSSR count). The van der Waals surface area contributed by atoms with Crippen LogP contribution in [0.1, 0.15) is 0 Å². The molecule has 0 aliphatic carbocycles. The van der Waals surface area contributed by atoms with E-state index in [2.05, 4.69) is 132 Å². The molecule has 0 bridgehead atoms.